The van der Waals surface area contributed by atoms with Gasteiger partial charge in [0.15, 0.2) is 5.11 Å². The van der Waals surface area contributed by atoms with Gasteiger partial charge in [0.05, 0.1) is 17.8 Å². The Bertz CT molecular complexity index is 1100. The zero-order valence-electron chi connectivity index (χ0n) is 17.9. The van der Waals surface area contributed by atoms with E-state index in [-0.39, 0.29) is 18.0 Å². The van der Waals surface area contributed by atoms with Crippen LogP contribution in [0.1, 0.15) is 45.8 Å². The number of hydrogen-bond donors (Lipinski definition) is 2. The van der Waals surface area contributed by atoms with Crippen molar-refractivity contribution in [2.75, 3.05) is 11.9 Å². The Hall–Kier alpha value is -2.77. The van der Waals surface area contributed by atoms with E-state index in [0.717, 1.165) is 22.5 Å². The maximum absolute atomic E-state index is 12.7. The summed E-state index contributed by atoms with van der Waals surface area (Å²) < 4.78 is 0. The number of aryl methyl sites for hydroxylation is 3. The Kier molecular flexibility index (Phi) is 6.34. The van der Waals surface area contributed by atoms with Crippen molar-refractivity contribution in [2.24, 2.45) is 0 Å². The fourth-order valence-corrected chi connectivity index (χ4v) is 5.33. The van der Waals surface area contributed by atoms with Crippen molar-refractivity contribution < 1.29 is 4.79 Å². The first kappa shape index (κ1) is 21.5. The molecule has 2 unspecified atom stereocenters. The van der Waals surface area contributed by atoms with Crippen LogP contribution in [0, 0.1) is 20.8 Å². The molecule has 31 heavy (non-hydrogen) atoms. The van der Waals surface area contributed by atoms with Crippen LogP contribution in [0.4, 0.5) is 5.69 Å². The third kappa shape index (κ3) is 4.62. The first-order valence-electron chi connectivity index (χ1n) is 10.3. The standard InChI is InChI=1S/C24H26N4OS2/c1-15-7-8-16(2)19(14-15)26-20(29)9-12-28-22(23-17(3)10-13-31-23)21(27-24(28)30)18-6-4-5-11-25-18/h4-8,10-11,13-14,21-22H,9,12H2,1-3H3,(H,26,29)(H,27,30). The van der Waals surface area contributed by atoms with Crippen LogP contribution in [0.2, 0.25) is 0 Å². The lowest BCUT2D eigenvalue weighted by Gasteiger charge is -2.27. The third-order valence-electron chi connectivity index (χ3n) is 5.62. The second kappa shape index (κ2) is 9.16. The van der Waals surface area contributed by atoms with E-state index in [1.807, 2.05) is 50.2 Å². The average molecular weight is 451 g/mol. The molecule has 1 aliphatic heterocycles. The zero-order valence-corrected chi connectivity index (χ0v) is 19.5. The van der Waals surface area contributed by atoms with E-state index in [1.165, 1.54) is 10.4 Å². The van der Waals surface area contributed by atoms with Gasteiger partial charge in [0.1, 0.15) is 0 Å². The number of benzene rings is 1. The van der Waals surface area contributed by atoms with Crippen molar-refractivity contribution in [1.82, 2.24) is 15.2 Å². The van der Waals surface area contributed by atoms with Crippen molar-refractivity contribution in [3.63, 3.8) is 0 Å². The SMILES string of the molecule is Cc1ccc(C)c(NC(=O)CCN2C(=S)NC(c3ccccn3)C2c2sccc2C)c1. The Morgan fingerprint density at radius 1 is 1.19 bits per heavy atom. The minimum Gasteiger partial charge on any atom is -0.352 e. The highest BCUT2D eigenvalue weighted by Gasteiger charge is 2.40. The Morgan fingerprint density at radius 2 is 2.03 bits per heavy atom. The normalized spacial score (nSPS) is 18.2. The molecule has 3 heterocycles. The molecule has 1 aromatic carbocycles. The number of pyridine rings is 1. The number of anilines is 1. The molecule has 0 bridgehead atoms. The third-order valence-corrected chi connectivity index (χ3v) is 7.06. The van der Waals surface area contributed by atoms with Gasteiger partial charge in [-0.1, -0.05) is 18.2 Å². The summed E-state index contributed by atoms with van der Waals surface area (Å²) in [6.07, 6.45) is 2.16. The van der Waals surface area contributed by atoms with Gasteiger partial charge in [-0.25, -0.2) is 0 Å². The molecule has 0 saturated carbocycles. The van der Waals surface area contributed by atoms with Crippen LogP contribution in [0.15, 0.2) is 54.0 Å². The lowest BCUT2D eigenvalue weighted by Crippen LogP contribution is -2.32. The molecule has 2 atom stereocenters. The highest BCUT2D eigenvalue weighted by molar-refractivity contribution is 7.80. The maximum atomic E-state index is 12.7. The van der Waals surface area contributed by atoms with Crippen LogP contribution < -0.4 is 10.6 Å². The average Bonchev–Trinajstić information content (AvgIpc) is 3.32. The monoisotopic (exact) mass is 450 g/mol. The van der Waals surface area contributed by atoms with Crippen LogP contribution >= 0.6 is 23.6 Å². The molecular formula is C24H26N4OS2. The quantitative estimate of drug-likeness (QED) is 0.514. The summed E-state index contributed by atoms with van der Waals surface area (Å²) in [5, 5.41) is 9.26. The Balaban J connectivity index is 1.53. The maximum Gasteiger partial charge on any atom is 0.226 e. The number of carbonyl (C=O) groups is 1. The van der Waals surface area contributed by atoms with E-state index >= 15 is 0 Å². The molecule has 160 valence electrons. The van der Waals surface area contributed by atoms with E-state index < -0.39 is 0 Å². The highest BCUT2D eigenvalue weighted by Crippen LogP contribution is 2.41. The van der Waals surface area contributed by atoms with Gasteiger partial charge in [-0.2, -0.15) is 0 Å². The molecule has 1 fully saturated rings. The minimum atomic E-state index is -0.0480. The summed E-state index contributed by atoms with van der Waals surface area (Å²) in [5.74, 6) is -0.0144. The number of rotatable bonds is 6. The number of nitrogens with zero attached hydrogens (tertiary/aromatic N) is 2. The van der Waals surface area contributed by atoms with Gasteiger partial charge in [0.2, 0.25) is 5.91 Å². The lowest BCUT2D eigenvalue weighted by atomic mass is 10.0. The Labute approximate surface area is 192 Å². The first-order valence-corrected chi connectivity index (χ1v) is 11.6. The van der Waals surface area contributed by atoms with Gasteiger partial charge in [-0.15, -0.1) is 11.3 Å². The van der Waals surface area contributed by atoms with E-state index in [9.17, 15) is 4.79 Å². The molecule has 0 aliphatic carbocycles. The minimum absolute atomic E-state index is 0.0101. The van der Waals surface area contributed by atoms with Gasteiger partial charge >= 0.3 is 0 Å². The predicted octanol–water partition coefficient (Wildman–Crippen LogP) is 5.07. The molecule has 2 aromatic heterocycles. The van der Waals surface area contributed by atoms with Crippen LogP contribution in [0.5, 0.6) is 0 Å². The molecule has 2 N–H and O–H groups in total. The summed E-state index contributed by atoms with van der Waals surface area (Å²) in [4.78, 5) is 20.7. The topological polar surface area (TPSA) is 57.3 Å². The van der Waals surface area contributed by atoms with E-state index in [0.29, 0.717) is 18.1 Å². The van der Waals surface area contributed by atoms with Crippen LogP contribution in [-0.2, 0) is 4.79 Å². The van der Waals surface area contributed by atoms with Crippen molar-refractivity contribution in [1.29, 1.82) is 0 Å². The second-order valence-corrected chi connectivity index (χ2v) is 9.24. The fraction of sp³-hybridized carbons (Fsp3) is 0.292. The number of amides is 1. The predicted molar refractivity (Wildman–Crippen MR) is 130 cm³/mol. The van der Waals surface area contributed by atoms with Crippen LogP contribution in [-0.4, -0.2) is 27.4 Å². The van der Waals surface area contributed by atoms with Gasteiger partial charge in [-0.05, 0) is 79.3 Å². The molecular weight excluding hydrogens is 424 g/mol. The highest BCUT2D eigenvalue weighted by atomic mass is 32.1. The number of nitrogens with one attached hydrogen (secondary N) is 2. The number of carbonyl (C=O) groups excluding carboxylic acids is 1. The molecule has 3 aromatic rings. The van der Waals surface area contributed by atoms with Gasteiger partial charge in [-0.3, -0.25) is 9.78 Å². The molecule has 1 aliphatic rings. The lowest BCUT2D eigenvalue weighted by molar-refractivity contribution is -0.116. The van der Waals surface area contributed by atoms with Crippen molar-refractivity contribution >= 4 is 40.3 Å². The fourth-order valence-electron chi connectivity index (χ4n) is 3.92. The molecule has 4 rings (SSSR count). The zero-order chi connectivity index (χ0) is 22.0. The van der Waals surface area contributed by atoms with Gasteiger partial charge < -0.3 is 15.5 Å². The number of aromatic nitrogens is 1. The van der Waals surface area contributed by atoms with E-state index in [1.54, 1.807) is 17.5 Å². The van der Waals surface area contributed by atoms with Gasteiger partial charge in [0.25, 0.3) is 0 Å². The van der Waals surface area contributed by atoms with E-state index in [4.69, 9.17) is 12.2 Å². The molecule has 5 nitrogen and oxygen atoms in total. The first-order chi connectivity index (χ1) is 14.9. The molecule has 7 heteroatoms. The summed E-state index contributed by atoms with van der Waals surface area (Å²) >= 11 is 7.41. The van der Waals surface area contributed by atoms with Gasteiger partial charge in [0, 0.05) is 29.7 Å². The number of thiocarbonyl (C=S) groups is 1. The van der Waals surface area contributed by atoms with Crippen molar-refractivity contribution in [3.05, 3.63) is 81.3 Å². The summed E-state index contributed by atoms with van der Waals surface area (Å²) in [6, 6.07) is 14.1. The molecule has 1 saturated heterocycles. The molecule has 1 amide bonds. The summed E-state index contributed by atoms with van der Waals surface area (Å²) in [7, 11) is 0. The van der Waals surface area contributed by atoms with Crippen LogP contribution in [0.3, 0.4) is 0 Å². The number of thiophene rings is 1. The summed E-state index contributed by atoms with van der Waals surface area (Å²) in [6.45, 7) is 6.68. The Morgan fingerprint density at radius 3 is 2.74 bits per heavy atom. The largest absolute Gasteiger partial charge is 0.352 e. The van der Waals surface area contributed by atoms with E-state index in [2.05, 4.69) is 38.9 Å². The molecule has 0 radical (unpaired) electrons. The van der Waals surface area contributed by atoms with Crippen molar-refractivity contribution in [3.8, 4) is 0 Å². The molecule has 0 spiro atoms. The van der Waals surface area contributed by atoms with Crippen LogP contribution in [0.25, 0.3) is 0 Å². The van der Waals surface area contributed by atoms with Crippen molar-refractivity contribution in [2.45, 2.75) is 39.3 Å². The number of hydrogen-bond acceptors (Lipinski definition) is 4. The summed E-state index contributed by atoms with van der Waals surface area (Å²) in [5.41, 5.74) is 5.22. The second-order valence-electron chi connectivity index (χ2n) is 7.90. The smallest absolute Gasteiger partial charge is 0.226 e.